The molecule has 39 heavy (non-hydrogen) atoms. The molecular formula is C31H43N5O3. The number of rotatable bonds is 6. The van der Waals surface area contributed by atoms with Crippen LogP contribution in [0.1, 0.15) is 94.7 Å². The van der Waals surface area contributed by atoms with Gasteiger partial charge in [0.15, 0.2) is 0 Å². The van der Waals surface area contributed by atoms with E-state index in [0.717, 1.165) is 43.7 Å². The Labute approximate surface area is 232 Å². The van der Waals surface area contributed by atoms with Crippen molar-refractivity contribution in [3.63, 3.8) is 0 Å². The molecule has 4 unspecified atom stereocenters. The molecule has 3 fully saturated rings. The zero-order chi connectivity index (χ0) is 27.5. The molecule has 2 aliphatic carbocycles. The molecule has 2 aliphatic heterocycles. The highest BCUT2D eigenvalue weighted by molar-refractivity contribution is 5.73. The molecule has 8 nitrogen and oxygen atoms in total. The number of piperidine rings is 1. The van der Waals surface area contributed by atoms with Crippen LogP contribution in [0.25, 0.3) is 0 Å². The quantitative estimate of drug-likeness (QED) is 0.570. The number of nitrogens with zero attached hydrogens (tertiary/aromatic N) is 4. The zero-order valence-electron chi connectivity index (χ0n) is 24.1. The number of ether oxygens (including phenoxy) is 1. The molecule has 4 aliphatic rings. The lowest BCUT2D eigenvalue weighted by Gasteiger charge is -2.68. The Morgan fingerprint density at radius 2 is 1.97 bits per heavy atom. The van der Waals surface area contributed by atoms with Gasteiger partial charge in [-0.05, 0) is 65.4 Å². The summed E-state index contributed by atoms with van der Waals surface area (Å²) in [5, 5.41) is 3.15. The van der Waals surface area contributed by atoms with Gasteiger partial charge in [0.05, 0.1) is 24.0 Å². The molecule has 0 radical (unpaired) electrons. The predicted octanol–water partition coefficient (Wildman–Crippen LogP) is 4.92. The largest absolute Gasteiger partial charge is 0.444 e. The van der Waals surface area contributed by atoms with E-state index in [0.29, 0.717) is 30.1 Å². The van der Waals surface area contributed by atoms with Crippen LogP contribution in [0.4, 0.5) is 4.79 Å². The molecule has 8 heteroatoms. The number of imidazole rings is 1. The Balaban J connectivity index is 1.16. The summed E-state index contributed by atoms with van der Waals surface area (Å²) in [7, 11) is 0. The number of nitrogens with one attached hydrogen (secondary N) is 1. The Morgan fingerprint density at radius 3 is 2.64 bits per heavy atom. The lowest BCUT2D eigenvalue weighted by Crippen LogP contribution is -2.74. The highest BCUT2D eigenvalue weighted by atomic mass is 16.6. The fourth-order valence-electron chi connectivity index (χ4n) is 8.03. The van der Waals surface area contributed by atoms with Gasteiger partial charge in [-0.15, -0.1) is 0 Å². The van der Waals surface area contributed by atoms with Gasteiger partial charge in [-0.25, -0.2) is 9.78 Å². The number of alkyl carbamates (subject to hydrolysis) is 1. The van der Waals surface area contributed by atoms with E-state index in [1.807, 2.05) is 43.9 Å². The van der Waals surface area contributed by atoms with Gasteiger partial charge in [-0.2, -0.15) is 0 Å². The monoisotopic (exact) mass is 533 g/mol. The maximum Gasteiger partial charge on any atom is 0.408 e. The number of aryl methyl sites for hydroxylation is 1. The molecule has 0 bridgehead atoms. The molecule has 1 aromatic heterocycles. The first kappa shape index (κ1) is 26.4. The third kappa shape index (κ3) is 4.64. The van der Waals surface area contributed by atoms with Gasteiger partial charge in [-0.3, -0.25) is 9.69 Å². The summed E-state index contributed by atoms with van der Waals surface area (Å²) in [6.45, 7) is 11.9. The second kappa shape index (κ2) is 9.65. The van der Waals surface area contributed by atoms with Crippen LogP contribution in [-0.4, -0.2) is 62.1 Å². The van der Waals surface area contributed by atoms with E-state index in [9.17, 15) is 9.59 Å². The van der Waals surface area contributed by atoms with Crippen LogP contribution in [0.2, 0.25) is 0 Å². The lowest BCUT2D eigenvalue weighted by molar-refractivity contribution is -0.188. The molecule has 210 valence electrons. The summed E-state index contributed by atoms with van der Waals surface area (Å²) in [6.07, 6.45) is 6.25. The zero-order valence-corrected chi connectivity index (χ0v) is 24.1. The van der Waals surface area contributed by atoms with Gasteiger partial charge in [0.1, 0.15) is 11.4 Å². The van der Waals surface area contributed by atoms with Gasteiger partial charge in [-0.1, -0.05) is 30.3 Å². The average molecular weight is 534 g/mol. The summed E-state index contributed by atoms with van der Waals surface area (Å²) in [4.78, 5) is 34.4. The van der Waals surface area contributed by atoms with E-state index in [2.05, 4.69) is 33.8 Å². The number of carbonyl (C=O) groups is 2. The van der Waals surface area contributed by atoms with E-state index >= 15 is 0 Å². The van der Waals surface area contributed by atoms with Crippen LogP contribution in [0.3, 0.4) is 0 Å². The molecular weight excluding hydrogens is 490 g/mol. The van der Waals surface area contributed by atoms with Crippen molar-refractivity contribution < 1.29 is 14.3 Å². The summed E-state index contributed by atoms with van der Waals surface area (Å²) < 4.78 is 8.08. The first-order valence-corrected chi connectivity index (χ1v) is 14.7. The van der Waals surface area contributed by atoms with Crippen molar-refractivity contribution in [3.8, 4) is 0 Å². The lowest BCUT2D eigenvalue weighted by atomic mass is 9.53. The molecule has 6 rings (SSSR count). The molecule has 1 aromatic carbocycles. The maximum atomic E-state index is 12.7. The van der Waals surface area contributed by atoms with Gasteiger partial charge in [0, 0.05) is 50.0 Å². The predicted molar refractivity (Wildman–Crippen MR) is 149 cm³/mol. The minimum Gasteiger partial charge on any atom is -0.444 e. The summed E-state index contributed by atoms with van der Waals surface area (Å²) in [6, 6.07) is 11.8. The van der Waals surface area contributed by atoms with Gasteiger partial charge in [0.2, 0.25) is 5.91 Å². The third-order valence-electron chi connectivity index (χ3n) is 9.73. The van der Waals surface area contributed by atoms with Crippen molar-refractivity contribution >= 4 is 12.0 Å². The number of likely N-dealkylation sites (tertiary alicyclic amines) is 1. The second-order valence-corrected chi connectivity index (χ2v) is 13.1. The van der Waals surface area contributed by atoms with Crippen LogP contribution in [-0.2, 0) is 22.5 Å². The highest BCUT2D eigenvalue weighted by Gasteiger charge is 2.69. The number of hydrogen-bond acceptors (Lipinski definition) is 5. The third-order valence-corrected chi connectivity index (χ3v) is 9.73. The average Bonchev–Trinajstić information content (AvgIpc) is 3.40. The molecule has 2 saturated carbocycles. The normalized spacial score (nSPS) is 28.4. The molecule has 5 atom stereocenters. The van der Waals surface area contributed by atoms with E-state index in [1.165, 1.54) is 30.7 Å². The number of aromatic nitrogens is 2. The van der Waals surface area contributed by atoms with Crippen molar-refractivity contribution in [2.75, 3.05) is 13.1 Å². The Morgan fingerprint density at radius 1 is 1.21 bits per heavy atom. The summed E-state index contributed by atoms with van der Waals surface area (Å²) in [5.74, 6) is 1.25. The summed E-state index contributed by atoms with van der Waals surface area (Å²) in [5.41, 5.74) is 3.44. The van der Waals surface area contributed by atoms with E-state index in [4.69, 9.17) is 9.72 Å². The number of amides is 2. The Hall–Kier alpha value is -2.87. The van der Waals surface area contributed by atoms with Crippen molar-refractivity contribution in [1.29, 1.82) is 0 Å². The molecule has 1 spiro atoms. The van der Waals surface area contributed by atoms with Crippen LogP contribution in [0.15, 0.2) is 30.3 Å². The van der Waals surface area contributed by atoms with E-state index in [-0.39, 0.29) is 18.0 Å². The number of hydrogen-bond donors (Lipinski definition) is 1. The molecule has 2 aromatic rings. The van der Waals surface area contributed by atoms with Crippen LogP contribution >= 0.6 is 0 Å². The summed E-state index contributed by atoms with van der Waals surface area (Å²) >= 11 is 0. The van der Waals surface area contributed by atoms with Gasteiger partial charge < -0.3 is 19.5 Å². The SMILES string of the molecule is CC(=O)N1CCc2nc(C)n(C3CC4N(CC[C@H](NC(=O)OC(C)(C)C)c5ccccc5)C5CCC54C3)c2C1. The standard InChI is InChI=1S/C31H43N5O3/c1-20-32-25-12-15-34(21(2)37)19-26(25)36(20)23-17-28-31(18-23)14-11-27(31)35(28)16-13-24(22-9-7-6-8-10-22)33-29(38)39-30(3,4)5/h6-10,23-24,27-28H,11-19H2,1-5H3,(H,33,38)/t23?,24-,27?,28?,31?/m0/s1. The molecule has 1 saturated heterocycles. The van der Waals surface area contributed by atoms with Crippen molar-refractivity contribution in [2.45, 2.75) is 109 Å². The minimum atomic E-state index is -0.528. The number of fused-ring (bicyclic) bond motifs is 1. The smallest absolute Gasteiger partial charge is 0.408 e. The van der Waals surface area contributed by atoms with Gasteiger partial charge >= 0.3 is 6.09 Å². The number of benzene rings is 1. The topological polar surface area (TPSA) is 79.7 Å². The van der Waals surface area contributed by atoms with E-state index in [1.54, 1.807) is 6.92 Å². The second-order valence-electron chi connectivity index (χ2n) is 13.1. The fourth-order valence-corrected chi connectivity index (χ4v) is 8.03. The van der Waals surface area contributed by atoms with E-state index < -0.39 is 5.60 Å². The Kier molecular flexibility index (Phi) is 6.52. The van der Waals surface area contributed by atoms with Gasteiger partial charge in [0.25, 0.3) is 0 Å². The van der Waals surface area contributed by atoms with Crippen LogP contribution in [0, 0.1) is 12.3 Å². The van der Waals surface area contributed by atoms with Crippen LogP contribution in [0.5, 0.6) is 0 Å². The fraction of sp³-hybridized carbons (Fsp3) is 0.645. The molecule has 1 N–H and O–H groups in total. The minimum absolute atomic E-state index is 0.0891. The molecule has 2 amide bonds. The first-order valence-electron chi connectivity index (χ1n) is 14.7. The van der Waals surface area contributed by atoms with Crippen molar-refractivity contribution in [1.82, 2.24) is 24.7 Å². The highest BCUT2D eigenvalue weighted by Crippen LogP contribution is 2.67. The molecule has 3 heterocycles. The maximum absolute atomic E-state index is 12.7. The first-order chi connectivity index (χ1) is 18.6. The number of carbonyl (C=O) groups excluding carboxylic acids is 2. The van der Waals surface area contributed by atoms with Crippen molar-refractivity contribution in [2.24, 2.45) is 5.41 Å². The van der Waals surface area contributed by atoms with Crippen LogP contribution < -0.4 is 5.32 Å². The Bertz CT molecular complexity index is 1250. The van der Waals surface area contributed by atoms with Crippen molar-refractivity contribution in [3.05, 3.63) is 53.1 Å².